The Kier molecular flexibility index (Phi) is 4.81. The van der Waals surface area contributed by atoms with Crippen LogP contribution in [0.5, 0.6) is 28.7 Å². The summed E-state index contributed by atoms with van der Waals surface area (Å²) in [6, 6.07) is 7.38. The number of cyclic esters (lactones) is 1. The summed E-state index contributed by atoms with van der Waals surface area (Å²) in [4.78, 5) is 12.7. The Hall–Kier alpha value is -2.40. The van der Waals surface area contributed by atoms with Gasteiger partial charge in [-0.3, -0.25) is 0 Å². The van der Waals surface area contributed by atoms with Crippen LogP contribution >= 0.6 is 0 Å². The Morgan fingerprint density at radius 2 is 1.60 bits per heavy atom. The summed E-state index contributed by atoms with van der Waals surface area (Å²) in [5.74, 6) is 1.14. The quantitative estimate of drug-likeness (QED) is 0.416. The van der Waals surface area contributed by atoms with Gasteiger partial charge in [-0.05, 0) is 0 Å². The van der Waals surface area contributed by atoms with Crippen LogP contribution in [-0.4, -0.2) is 39.0 Å². The Balaban J connectivity index is 1.74. The summed E-state index contributed by atoms with van der Waals surface area (Å²) >= 11 is -0.862. The summed E-state index contributed by atoms with van der Waals surface area (Å²) in [6.07, 6.45) is -0.831. The number of hydrogen-bond acceptors (Lipinski definition) is 8. The molecule has 4 atom stereocenters. The molecular formula is C21H20IO8-. The van der Waals surface area contributed by atoms with Gasteiger partial charge >= 0.3 is 184 Å². The number of fused-ring (bicyclic) bond motifs is 3. The molecule has 9 heteroatoms. The van der Waals surface area contributed by atoms with Gasteiger partial charge in [0.15, 0.2) is 0 Å². The average Bonchev–Trinajstić information content (AvgIpc) is 3.38. The van der Waals surface area contributed by atoms with Crippen LogP contribution in [0.1, 0.15) is 28.7 Å². The van der Waals surface area contributed by atoms with Crippen LogP contribution in [0.2, 0.25) is 0 Å². The van der Waals surface area contributed by atoms with Gasteiger partial charge in [0.1, 0.15) is 0 Å². The van der Waals surface area contributed by atoms with E-state index in [0.717, 1.165) is 16.7 Å². The van der Waals surface area contributed by atoms with Crippen LogP contribution < -0.4 is 42.4 Å². The van der Waals surface area contributed by atoms with Gasteiger partial charge in [0, 0.05) is 0 Å². The van der Waals surface area contributed by atoms with Crippen molar-refractivity contribution in [3.05, 3.63) is 41.0 Å². The zero-order valence-corrected chi connectivity index (χ0v) is 18.7. The van der Waals surface area contributed by atoms with Crippen LogP contribution in [0.25, 0.3) is 0 Å². The molecule has 0 saturated carbocycles. The Labute approximate surface area is 184 Å². The van der Waals surface area contributed by atoms with E-state index in [-0.39, 0.29) is 24.4 Å². The van der Waals surface area contributed by atoms with E-state index in [1.807, 2.05) is 24.3 Å². The van der Waals surface area contributed by atoms with E-state index in [1.54, 1.807) is 21.3 Å². The van der Waals surface area contributed by atoms with Crippen molar-refractivity contribution in [3.63, 3.8) is 0 Å². The van der Waals surface area contributed by atoms with Gasteiger partial charge in [-0.15, -0.1) is 0 Å². The van der Waals surface area contributed by atoms with Crippen molar-refractivity contribution in [1.82, 2.24) is 0 Å². The SMILES string of the molecule is COc1cc([C@@H]2c3cc4c(cc3[C@H](O)[C@H]3COC(=O)C23)O[I-]O4)cc(OC)c1OC. The van der Waals surface area contributed by atoms with Crippen molar-refractivity contribution in [1.29, 1.82) is 0 Å². The van der Waals surface area contributed by atoms with E-state index in [4.69, 9.17) is 25.1 Å². The molecule has 2 aromatic carbocycles. The second-order valence-electron chi connectivity index (χ2n) is 7.35. The number of hydrogen-bond donors (Lipinski definition) is 1. The van der Waals surface area contributed by atoms with Crippen LogP contribution in [-0.2, 0) is 9.53 Å². The van der Waals surface area contributed by atoms with Gasteiger partial charge in [0.25, 0.3) is 0 Å². The number of esters is 1. The number of aliphatic hydroxyl groups excluding tert-OH is 1. The zero-order chi connectivity index (χ0) is 21.0. The van der Waals surface area contributed by atoms with Gasteiger partial charge in [-0.1, -0.05) is 0 Å². The van der Waals surface area contributed by atoms with Crippen molar-refractivity contribution in [3.8, 4) is 28.7 Å². The number of aliphatic hydroxyl groups is 1. The standard InChI is InChI=1S/C21H20IO8/c1-25-15-4-9(5-16(26-2)20(15)27-3)17-10-6-13-14(30-22-29-13)7-11(10)19(23)12-8-28-21(24)18(12)17/h4-7,12,17-19,23H,8H2,1-3H3/q-1/t12-,17+,18?,19-/m0/s1. The third kappa shape index (κ3) is 2.78. The summed E-state index contributed by atoms with van der Waals surface area (Å²) in [5.41, 5.74) is 2.34. The second-order valence-corrected chi connectivity index (χ2v) is 8.59. The number of ether oxygens (including phenoxy) is 4. The predicted molar refractivity (Wildman–Crippen MR) is 98.5 cm³/mol. The molecule has 5 rings (SSSR count). The first-order valence-electron chi connectivity index (χ1n) is 9.38. The van der Waals surface area contributed by atoms with E-state index in [9.17, 15) is 9.90 Å². The molecule has 1 saturated heterocycles. The van der Waals surface area contributed by atoms with Gasteiger partial charge < -0.3 is 0 Å². The Morgan fingerprint density at radius 3 is 2.20 bits per heavy atom. The number of methoxy groups -OCH3 is 3. The average molecular weight is 527 g/mol. The molecule has 1 unspecified atom stereocenters. The number of benzene rings is 2. The predicted octanol–water partition coefficient (Wildman–Crippen LogP) is -0.629. The molecule has 0 amide bonds. The first-order chi connectivity index (χ1) is 14.6. The molecule has 0 aromatic heterocycles. The molecule has 30 heavy (non-hydrogen) atoms. The van der Waals surface area contributed by atoms with E-state index in [2.05, 4.69) is 0 Å². The first kappa shape index (κ1) is 19.6. The minimum atomic E-state index is -0.862. The van der Waals surface area contributed by atoms with E-state index < -0.39 is 34.1 Å². The summed E-state index contributed by atoms with van der Waals surface area (Å²) in [5, 5.41) is 11.0. The molecular weight excluding hydrogens is 507 g/mol. The zero-order valence-electron chi connectivity index (χ0n) is 16.5. The van der Waals surface area contributed by atoms with Crippen LogP contribution in [0.4, 0.5) is 0 Å². The van der Waals surface area contributed by atoms with Gasteiger partial charge in [0.05, 0.1) is 0 Å². The topological polar surface area (TPSA) is 92.7 Å². The van der Waals surface area contributed by atoms with Crippen molar-refractivity contribution >= 4 is 5.97 Å². The molecule has 2 aromatic rings. The Morgan fingerprint density at radius 1 is 0.967 bits per heavy atom. The number of halogens is 1. The molecule has 0 radical (unpaired) electrons. The number of carbonyl (C=O) groups is 1. The summed E-state index contributed by atoms with van der Waals surface area (Å²) < 4.78 is 33.1. The minimum absolute atomic E-state index is 0.173. The van der Waals surface area contributed by atoms with E-state index in [0.29, 0.717) is 28.7 Å². The third-order valence-electron chi connectivity index (χ3n) is 5.99. The van der Waals surface area contributed by atoms with Crippen LogP contribution in [0, 0.1) is 11.8 Å². The molecule has 0 bridgehead atoms. The number of rotatable bonds is 4. The molecule has 3 aliphatic rings. The molecule has 1 fully saturated rings. The summed E-state index contributed by atoms with van der Waals surface area (Å²) in [6.45, 7) is 0.173. The van der Waals surface area contributed by atoms with Crippen molar-refractivity contribution in [2.45, 2.75) is 12.0 Å². The van der Waals surface area contributed by atoms with Gasteiger partial charge in [0.2, 0.25) is 0 Å². The second kappa shape index (κ2) is 7.38. The molecule has 1 aliphatic carbocycles. The van der Waals surface area contributed by atoms with Crippen LogP contribution in [0.15, 0.2) is 24.3 Å². The van der Waals surface area contributed by atoms with Gasteiger partial charge in [-0.2, -0.15) is 0 Å². The Bertz CT molecular complexity index is 997. The maximum absolute atomic E-state index is 12.7. The van der Waals surface area contributed by atoms with Gasteiger partial charge in [-0.25, -0.2) is 0 Å². The molecule has 2 heterocycles. The summed E-state index contributed by atoms with van der Waals surface area (Å²) in [7, 11) is 4.64. The molecule has 8 nitrogen and oxygen atoms in total. The fourth-order valence-corrected chi connectivity index (χ4v) is 5.80. The normalized spacial score (nSPS) is 26.2. The molecule has 160 valence electrons. The fourth-order valence-electron chi connectivity index (χ4n) is 4.64. The first-order valence-corrected chi connectivity index (χ1v) is 11.1. The fraction of sp³-hybridized carbons (Fsp3) is 0.381. The van der Waals surface area contributed by atoms with Crippen molar-refractivity contribution in [2.75, 3.05) is 27.9 Å². The van der Waals surface area contributed by atoms with Crippen molar-refractivity contribution < 1.29 is 57.0 Å². The monoisotopic (exact) mass is 527 g/mol. The molecule has 2 aliphatic heterocycles. The maximum atomic E-state index is 12.7. The van der Waals surface area contributed by atoms with Crippen LogP contribution in [0.3, 0.4) is 0 Å². The van der Waals surface area contributed by atoms with E-state index >= 15 is 0 Å². The van der Waals surface area contributed by atoms with E-state index in [1.165, 1.54) is 0 Å². The molecule has 1 N–H and O–H groups in total. The molecule has 0 spiro atoms. The third-order valence-corrected chi connectivity index (χ3v) is 7.30. The van der Waals surface area contributed by atoms with Crippen molar-refractivity contribution in [2.24, 2.45) is 11.8 Å². The number of carbonyl (C=O) groups excluding carboxylic acids is 1.